The Labute approximate surface area is 97.2 Å². The van der Waals surface area contributed by atoms with Gasteiger partial charge in [-0.25, -0.2) is 4.79 Å². The van der Waals surface area contributed by atoms with Gasteiger partial charge in [0.15, 0.2) is 0 Å². The fourth-order valence-electron chi connectivity index (χ4n) is 2.35. The van der Waals surface area contributed by atoms with Crippen molar-refractivity contribution in [2.24, 2.45) is 0 Å². The Morgan fingerprint density at radius 3 is 3.06 bits per heavy atom. The van der Waals surface area contributed by atoms with Crippen molar-refractivity contribution < 1.29 is 0 Å². The van der Waals surface area contributed by atoms with Gasteiger partial charge in [-0.05, 0) is 25.1 Å². The van der Waals surface area contributed by atoms with Gasteiger partial charge in [0, 0.05) is 6.54 Å². The summed E-state index contributed by atoms with van der Waals surface area (Å²) in [7, 11) is 0. The van der Waals surface area contributed by atoms with Crippen LogP contribution in [0.25, 0.3) is 11.0 Å². The number of halogens is 1. The van der Waals surface area contributed by atoms with E-state index < -0.39 is 0 Å². The van der Waals surface area contributed by atoms with Crippen molar-refractivity contribution in [2.45, 2.75) is 12.5 Å². The molecule has 1 aliphatic rings. The minimum Gasteiger partial charge on any atom is -0.315 e. The fourth-order valence-corrected chi connectivity index (χ4v) is 2.61. The van der Waals surface area contributed by atoms with Gasteiger partial charge in [0.25, 0.3) is 0 Å². The van der Waals surface area contributed by atoms with Crippen molar-refractivity contribution in [1.82, 2.24) is 14.9 Å². The summed E-state index contributed by atoms with van der Waals surface area (Å²) in [6.07, 6.45) is 0.970. The lowest BCUT2D eigenvalue weighted by atomic mass is 10.2. The number of hydrogen-bond donors (Lipinski definition) is 2. The van der Waals surface area contributed by atoms with E-state index in [-0.39, 0.29) is 11.7 Å². The first-order valence-electron chi connectivity index (χ1n) is 5.37. The van der Waals surface area contributed by atoms with Gasteiger partial charge in [0.05, 0.1) is 22.1 Å². The highest BCUT2D eigenvalue weighted by molar-refractivity contribution is 6.34. The van der Waals surface area contributed by atoms with E-state index in [0.29, 0.717) is 5.02 Å². The van der Waals surface area contributed by atoms with E-state index in [1.54, 1.807) is 4.57 Å². The molecule has 0 amide bonds. The number of aromatic nitrogens is 2. The quantitative estimate of drug-likeness (QED) is 0.790. The van der Waals surface area contributed by atoms with Gasteiger partial charge in [-0.15, -0.1) is 0 Å². The SMILES string of the molecule is O=c1[nH]c2cccc(Cl)c2n1[C@@H]1CCNC1. The van der Waals surface area contributed by atoms with Crippen molar-refractivity contribution >= 4 is 22.6 Å². The highest BCUT2D eigenvalue weighted by Gasteiger charge is 2.21. The number of nitrogens with one attached hydrogen (secondary N) is 2. The molecule has 2 aromatic rings. The lowest BCUT2D eigenvalue weighted by Crippen LogP contribution is -2.23. The van der Waals surface area contributed by atoms with Crippen LogP contribution in [0.5, 0.6) is 0 Å². The molecule has 1 fully saturated rings. The molecule has 0 unspecified atom stereocenters. The molecule has 1 aliphatic heterocycles. The van der Waals surface area contributed by atoms with Crippen LogP contribution in [0.15, 0.2) is 23.0 Å². The van der Waals surface area contributed by atoms with Gasteiger partial charge in [-0.2, -0.15) is 0 Å². The first-order valence-corrected chi connectivity index (χ1v) is 5.74. The molecule has 1 saturated heterocycles. The van der Waals surface area contributed by atoms with E-state index in [1.165, 1.54) is 0 Å². The van der Waals surface area contributed by atoms with Gasteiger partial charge in [0.2, 0.25) is 0 Å². The van der Waals surface area contributed by atoms with Crippen molar-refractivity contribution in [1.29, 1.82) is 0 Å². The summed E-state index contributed by atoms with van der Waals surface area (Å²) in [5.74, 6) is 0. The molecule has 84 valence electrons. The van der Waals surface area contributed by atoms with Gasteiger partial charge in [-0.1, -0.05) is 17.7 Å². The standard InChI is InChI=1S/C11H12ClN3O/c12-8-2-1-3-9-10(8)15(11(16)14-9)7-4-5-13-6-7/h1-3,7,13H,4-6H2,(H,14,16)/t7-/m1/s1. The molecule has 2 N–H and O–H groups in total. The Morgan fingerprint density at radius 1 is 1.44 bits per heavy atom. The third-order valence-electron chi connectivity index (χ3n) is 3.09. The Morgan fingerprint density at radius 2 is 2.31 bits per heavy atom. The Balaban J connectivity index is 2.29. The zero-order chi connectivity index (χ0) is 11.1. The number of nitrogens with zero attached hydrogens (tertiary/aromatic N) is 1. The van der Waals surface area contributed by atoms with E-state index in [2.05, 4.69) is 10.3 Å². The topological polar surface area (TPSA) is 49.8 Å². The van der Waals surface area contributed by atoms with Gasteiger partial charge in [0.1, 0.15) is 0 Å². The maximum atomic E-state index is 11.9. The maximum Gasteiger partial charge on any atom is 0.326 e. The first kappa shape index (κ1) is 9.93. The van der Waals surface area contributed by atoms with Crippen LogP contribution in [-0.4, -0.2) is 22.6 Å². The first-order chi connectivity index (χ1) is 7.77. The van der Waals surface area contributed by atoms with Crippen molar-refractivity contribution in [3.05, 3.63) is 33.7 Å². The normalized spacial score (nSPS) is 20.7. The molecule has 0 bridgehead atoms. The van der Waals surface area contributed by atoms with Crippen LogP contribution in [0.1, 0.15) is 12.5 Å². The molecule has 0 spiro atoms. The summed E-state index contributed by atoms with van der Waals surface area (Å²) in [6.45, 7) is 1.78. The monoisotopic (exact) mass is 237 g/mol. The molecule has 1 atom stereocenters. The van der Waals surface area contributed by atoms with Crippen LogP contribution in [0.2, 0.25) is 5.02 Å². The van der Waals surface area contributed by atoms with Crippen LogP contribution < -0.4 is 11.0 Å². The lowest BCUT2D eigenvalue weighted by molar-refractivity contribution is 0.546. The summed E-state index contributed by atoms with van der Waals surface area (Å²) in [6, 6.07) is 5.75. The summed E-state index contributed by atoms with van der Waals surface area (Å²) in [5, 5.41) is 3.88. The highest BCUT2D eigenvalue weighted by Crippen LogP contribution is 2.25. The molecule has 16 heavy (non-hydrogen) atoms. The molecule has 0 radical (unpaired) electrons. The highest BCUT2D eigenvalue weighted by atomic mass is 35.5. The Hall–Kier alpha value is -1.26. The summed E-state index contributed by atoms with van der Waals surface area (Å²) in [4.78, 5) is 14.7. The van der Waals surface area contributed by atoms with Gasteiger partial charge >= 0.3 is 5.69 Å². The predicted molar refractivity (Wildman–Crippen MR) is 64.1 cm³/mol. The minimum absolute atomic E-state index is 0.0724. The van der Waals surface area contributed by atoms with Crippen LogP contribution in [0.3, 0.4) is 0 Å². The lowest BCUT2D eigenvalue weighted by Gasteiger charge is -2.10. The van der Waals surface area contributed by atoms with Gasteiger partial charge < -0.3 is 10.3 Å². The summed E-state index contributed by atoms with van der Waals surface area (Å²) < 4.78 is 1.78. The van der Waals surface area contributed by atoms with E-state index in [4.69, 9.17) is 11.6 Å². The number of hydrogen-bond acceptors (Lipinski definition) is 2. The van der Waals surface area contributed by atoms with Crippen molar-refractivity contribution in [2.75, 3.05) is 13.1 Å². The number of para-hydroxylation sites is 1. The second-order valence-electron chi connectivity index (χ2n) is 4.08. The maximum absolute atomic E-state index is 11.9. The van der Waals surface area contributed by atoms with Crippen LogP contribution in [0.4, 0.5) is 0 Å². The summed E-state index contributed by atoms with van der Waals surface area (Å²) in [5.41, 5.74) is 1.56. The Kier molecular flexibility index (Phi) is 2.26. The van der Waals surface area contributed by atoms with Crippen molar-refractivity contribution in [3.8, 4) is 0 Å². The molecule has 0 saturated carbocycles. The molecule has 1 aromatic carbocycles. The molecule has 3 rings (SSSR count). The smallest absolute Gasteiger partial charge is 0.315 e. The van der Waals surface area contributed by atoms with Crippen molar-refractivity contribution in [3.63, 3.8) is 0 Å². The summed E-state index contributed by atoms with van der Waals surface area (Å²) >= 11 is 6.15. The molecular weight excluding hydrogens is 226 g/mol. The van der Waals surface area contributed by atoms with E-state index in [1.807, 2.05) is 18.2 Å². The molecule has 2 heterocycles. The number of imidazole rings is 1. The zero-order valence-electron chi connectivity index (χ0n) is 8.66. The molecule has 1 aromatic heterocycles. The third kappa shape index (κ3) is 1.37. The van der Waals surface area contributed by atoms with E-state index in [9.17, 15) is 4.79 Å². The van der Waals surface area contributed by atoms with Crippen LogP contribution in [0, 0.1) is 0 Å². The third-order valence-corrected chi connectivity index (χ3v) is 3.39. The van der Waals surface area contributed by atoms with E-state index in [0.717, 1.165) is 30.5 Å². The van der Waals surface area contributed by atoms with Crippen LogP contribution >= 0.6 is 11.6 Å². The fraction of sp³-hybridized carbons (Fsp3) is 0.364. The number of aromatic amines is 1. The predicted octanol–water partition coefficient (Wildman–Crippen LogP) is 1.52. The van der Waals surface area contributed by atoms with E-state index >= 15 is 0 Å². The second-order valence-corrected chi connectivity index (χ2v) is 4.49. The average Bonchev–Trinajstić information content (AvgIpc) is 2.84. The molecular formula is C11H12ClN3O. The average molecular weight is 238 g/mol. The molecule has 4 nitrogen and oxygen atoms in total. The minimum atomic E-state index is -0.0724. The molecule has 0 aliphatic carbocycles. The largest absolute Gasteiger partial charge is 0.326 e. The zero-order valence-corrected chi connectivity index (χ0v) is 9.42. The second kappa shape index (κ2) is 3.64. The Bertz CT molecular complexity index is 580. The van der Waals surface area contributed by atoms with Gasteiger partial charge in [-0.3, -0.25) is 4.57 Å². The number of H-pyrrole nitrogens is 1. The number of fused-ring (bicyclic) bond motifs is 1. The number of rotatable bonds is 1. The molecule has 5 heteroatoms. The number of benzene rings is 1. The van der Waals surface area contributed by atoms with Crippen LogP contribution in [-0.2, 0) is 0 Å².